The first-order valence-electron chi connectivity index (χ1n) is 13.1. The molecule has 4 aliphatic heterocycles. The van der Waals surface area contributed by atoms with Crippen molar-refractivity contribution < 1.29 is 28.6 Å². The van der Waals surface area contributed by atoms with Gasteiger partial charge in [0.25, 0.3) is 11.8 Å². The smallest absolute Gasteiger partial charge is 0.260 e. The van der Waals surface area contributed by atoms with E-state index in [1.165, 1.54) is 21.3 Å². The molecule has 11 heteroatoms. The van der Waals surface area contributed by atoms with Crippen LogP contribution >= 0.6 is 0 Å². The van der Waals surface area contributed by atoms with Crippen molar-refractivity contribution in [3.05, 3.63) is 47.2 Å². The van der Waals surface area contributed by atoms with Gasteiger partial charge in [-0.05, 0) is 43.0 Å². The van der Waals surface area contributed by atoms with Gasteiger partial charge in [-0.2, -0.15) is 0 Å². The Bertz CT molecular complexity index is 1510. The first-order chi connectivity index (χ1) is 19.4. The minimum absolute atomic E-state index is 0.0118. The van der Waals surface area contributed by atoms with E-state index in [1.54, 1.807) is 47.8 Å². The van der Waals surface area contributed by atoms with Crippen LogP contribution in [0.5, 0.6) is 17.2 Å². The summed E-state index contributed by atoms with van der Waals surface area (Å²) in [5, 5.41) is 2.90. The number of nitrogens with zero attached hydrogens (tertiary/aromatic N) is 4. The molecule has 1 fully saturated rings. The molecule has 0 unspecified atom stereocenters. The van der Waals surface area contributed by atoms with E-state index in [9.17, 15) is 14.4 Å². The second-order valence-corrected chi connectivity index (χ2v) is 10.1. The van der Waals surface area contributed by atoms with Crippen LogP contribution in [0.4, 0.5) is 17.1 Å². The van der Waals surface area contributed by atoms with E-state index in [2.05, 4.69) is 15.3 Å². The molecule has 1 saturated heterocycles. The maximum Gasteiger partial charge on any atom is 0.260 e. The fourth-order valence-electron chi connectivity index (χ4n) is 5.65. The zero-order chi connectivity index (χ0) is 28.0. The SMILES string of the molecule is COc1cc2c(cc1NC(=O)CC1=CN3C(=O)c4cc(OC)c(OC)cc4N=C[C@@H]3C1)N=C[C@@H]1CCCN1C2=O. The number of ether oxygens (including phenoxy) is 3. The number of methoxy groups -OCH3 is 3. The van der Waals surface area contributed by atoms with Gasteiger partial charge in [0, 0.05) is 37.7 Å². The van der Waals surface area contributed by atoms with Crippen LogP contribution in [0.3, 0.4) is 0 Å². The van der Waals surface area contributed by atoms with E-state index >= 15 is 0 Å². The molecule has 4 heterocycles. The van der Waals surface area contributed by atoms with E-state index in [-0.39, 0.29) is 36.2 Å². The number of hydrogen-bond donors (Lipinski definition) is 1. The number of nitrogens with one attached hydrogen (secondary N) is 1. The number of fused-ring (bicyclic) bond motifs is 4. The predicted molar refractivity (Wildman–Crippen MR) is 149 cm³/mol. The topological polar surface area (TPSA) is 122 Å². The van der Waals surface area contributed by atoms with Gasteiger partial charge in [-0.3, -0.25) is 24.4 Å². The van der Waals surface area contributed by atoms with Crippen molar-refractivity contribution in [3.63, 3.8) is 0 Å². The number of carbonyl (C=O) groups is 3. The molecule has 0 radical (unpaired) electrons. The van der Waals surface area contributed by atoms with E-state index in [4.69, 9.17) is 14.2 Å². The van der Waals surface area contributed by atoms with Crippen LogP contribution < -0.4 is 19.5 Å². The van der Waals surface area contributed by atoms with Gasteiger partial charge < -0.3 is 29.3 Å². The van der Waals surface area contributed by atoms with Gasteiger partial charge in [0.1, 0.15) is 5.75 Å². The third-order valence-corrected chi connectivity index (χ3v) is 7.66. The lowest BCUT2D eigenvalue weighted by Crippen LogP contribution is -2.35. The first-order valence-corrected chi connectivity index (χ1v) is 13.1. The van der Waals surface area contributed by atoms with E-state index < -0.39 is 0 Å². The largest absolute Gasteiger partial charge is 0.495 e. The molecule has 11 nitrogen and oxygen atoms in total. The molecule has 0 aliphatic carbocycles. The molecule has 0 spiro atoms. The summed E-state index contributed by atoms with van der Waals surface area (Å²) >= 11 is 0. The molecule has 206 valence electrons. The van der Waals surface area contributed by atoms with Gasteiger partial charge in [-0.25, -0.2) is 0 Å². The molecular weight excluding hydrogens is 514 g/mol. The fraction of sp³-hybridized carbons (Fsp3) is 0.345. The highest BCUT2D eigenvalue weighted by molar-refractivity contribution is 6.06. The average molecular weight is 544 g/mol. The molecule has 2 atom stereocenters. The van der Waals surface area contributed by atoms with Crippen LogP contribution in [-0.4, -0.2) is 79.9 Å². The second kappa shape index (κ2) is 10.1. The number of rotatable bonds is 6. The van der Waals surface area contributed by atoms with Gasteiger partial charge in [-0.1, -0.05) is 0 Å². The maximum absolute atomic E-state index is 13.4. The maximum atomic E-state index is 13.4. The monoisotopic (exact) mass is 543 g/mol. The zero-order valence-electron chi connectivity index (χ0n) is 22.5. The lowest BCUT2D eigenvalue weighted by molar-refractivity contribution is -0.115. The lowest BCUT2D eigenvalue weighted by atomic mass is 10.1. The number of anilines is 1. The van der Waals surface area contributed by atoms with Crippen LogP contribution in [0, 0.1) is 0 Å². The molecular formula is C29H29N5O6. The molecule has 3 amide bonds. The number of amides is 3. The van der Waals surface area contributed by atoms with E-state index in [1.807, 2.05) is 4.90 Å². The first kappa shape index (κ1) is 25.6. The molecule has 40 heavy (non-hydrogen) atoms. The Kier molecular flexibility index (Phi) is 6.49. The average Bonchev–Trinajstić information content (AvgIpc) is 3.54. The van der Waals surface area contributed by atoms with Crippen molar-refractivity contribution in [2.45, 2.75) is 37.8 Å². The summed E-state index contributed by atoms with van der Waals surface area (Å²) in [6.07, 6.45) is 7.62. The van der Waals surface area contributed by atoms with Gasteiger partial charge in [0.15, 0.2) is 11.5 Å². The highest BCUT2D eigenvalue weighted by Gasteiger charge is 2.35. The second-order valence-electron chi connectivity index (χ2n) is 10.1. The van der Waals surface area contributed by atoms with Crippen LogP contribution in [-0.2, 0) is 4.79 Å². The summed E-state index contributed by atoms with van der Waals surface area (Å²) in [5.74, 6) is 0.717. The molecule has 4 aliphatic rings. The molecule has 1 N–H and O–H groups in total. The van der Waals surface area contributed by atoms with Crippen LogP contribution in [0.1, 0.15) is 46.4 Å². The standard InChI is InChI=1S/C29H29N5O6/c1-38-24-9-19-21(30-13-17-5-4-6-33(17)28(19)36)11-23(24)32-27(35)8-16-7-18-14-31-22-12-26(40-3)25(39-2)10-20(22)29(37)34(18)15-16/h9-15,17-18H,4-8H2,1-3H3,(H,32,35)/t17-,18-/m0/s1. The summed E-state index contributed by atoms with van der Waals surface area (Å²) < 4.78 is 16.2. The van der Waals surface area contributed by atoms with Crippen molar-refractivity contribution in [1.29, 1.82) is 0 Å². The minimum atomic E-state index is -0.309. The van der Waals surface area contributed by atoms with Gasteiger partial charge in [0.05, 0.1) is 61.6 Å². The van der Waals surface area contributed by atoms with E-state index in [0.29, 0.717) is 58.4 Å². The van der Waals surface area contributed by atoms with Crippen LogP contribution in [0.2, 0.25) is 0 Å². The van der Waals surface area contributed by atoms with Crippen LogP contribution in [0.15, 0.2) is 46.0 Å². The van der Waals surface area contributed by atoms with Gasteiger partial charge >= 0.3 is 0 Å². The predicted octanol–water partition coefficient (Wildman–Crippen LogP) is 3.88. The third-order valence-electron chi connectivity index (χ3n) is 7.66. The number of carbonyl (C=O) groups excluding carboxylic acids is 3. The Hall–Kier alpha value is -4.67. The molecule has 0 bridgehead atoms. The molecule has 0 saturated carbocycles. The number of hydrogen-bond acceptors (Lipinski definition) is 8. The Morgan fingerprint density at radius 2 is 1.55 bits per heavy atom. The van der Waals surface area contributed by atoms with Crippen molar-refractivity contribution in [2.75, 3.05) is 33.2 Å². The van der Waals surface area contributed by atoms with Crippen molar-refractivity contribution in [3.8, 4) is 17.2 Å². The third kappa shape index (κ3) is 4.37. The van der Waals surface area contributed by atoms with Crippen LogP contribution in [0.25, 0.3) is 0 Å². The highest BCUT2D eigenvalue weighted by atomic mass is 16.5. The molecule has 0 aromatic heterocycles. The molecule has 2 aromatic carbocycles. The Morgan fingerprint density at radius 3 is 2.30 bits per heavy atom. The summed E-state index contributed by atoms with van der Waals surface area (Å²) in [7, 11) is 4.53. The lowest BCUT2D eigenvalue weighted by Gasteiger charge is -2.20. The summed E-state index contributed by atoms with van der Waals surface area (Å²) in [6.45, 7) is 0.698. The zero-order valence-corrected chi connectivity index (χ0v) is 22.5. The van der Waals surface area contributed by atoms with Crippen molar-refractivity contribution in [1.82, 2.24) is 9.80 Å². The Morgan fingerprint density at radius 1 is 0.900 bits per heavy atom. The van der Waals surface area contributed by atoms with Crippen molar-refractivity contribution >= 4 is 47.2 Å². The van der Waals surface area contributed by atoms with Gasteiger partial charge in [-0.15, -0.1) is 0 Å². The normalized spacial score (nSPS) is 20.6. The summed E-state index contributed by atoms with van der Waals surface area (Å²) in [5.41, 5.74) is 3.06. The van der Waals surface area contributed by atoms with Crippen molar-refractivity contribution in [2.24, 2.45) is 9.98 Å². The Balaban J connectivity index is 1.20. The minimum Gasteiger partial charge on any atom is -0.495 e. The van der Waals surface area contributed by atoms with Gasteiger partial charge in [0.2, 0.25) is 5.91 Å². The summed E-state index contributed by atoms with van der Waals surface area (Å²) in [6, 6.07) is 6.29. The number of benzene rings is 2. The molecule has 6 rings (SSSR count). The number of aliphatic imine (C=N–C) groups is 2. The van der Waals surface area contributed by atoms with E-state index in [0.717, 1.165) is 18.4 Å². The Labute approximate surface area is 231 Å². The molecule has 2 aromatic rings. The quantitative estimate of drug-likeness (QED) is 0.590. The fourth-order valence-corrected chi connectivity index (χ4v) is 5.65. The summed E-state index contributed by atoms with van der Waals surface area (Å²) in [4.78, 5) is 52.1. The highest BCUT2D eigenvalue weighted by Crippen LogP contribution is 2.39.